The molecule has 2 aliphatic heterocycles. The minimum absolute atomic E-state index is 0.0283. The molecule has 0 aliphatic carbocycles. The average molecular weight is 382 g/mol. The number of hydrogen-bond donors (Lipinski definition) is 0. The molecule has 0 radical (unpaired) electrons. The molecule has 146 valence electrons. The highest BCUT2D eigenvalue weighted by molar-refractivity contribution is 6.01. The van der Waals surface area contributed by atoms with Gasteiger partial charge in [0.25, 0.3) is 11.8 Å². The van der Waals surface area contributed by atoms with Gasteiger partial charge in [0.15, 0.2) is 5.60 Å². The van der Waals surface area contributed by atoms with Gasteiger partial charge in [-0.3, -0.25) is 9.59 Å². The first kappa shape index (κ1) is 18.6. The molecule has 0 saturated carbocycles. The third-order valence-corrected chi connectivity index (χ3v) is 5.49. The zero-order valence-electron chi connectivity index (χ0n) is 15.6. The fourth-order valence-corrected chi connectivity index (χ4v) is 4.03. The predicted molar refractivity (Wildman–Crippen MR) is 104 cm³/mol. The van der Waals surface area contributed by atoms with Crippen molar-refractivity contribution in [1.82, 2.24) is 4.90 Å². The number of hydrogen-bond acceptors (Lipinski definition) is 3. The van der Waals surface area contributed by atoms with Crippen LogP contribution in [0.3, 0.4) is 0 Å². The van der Waals surface area contributed by atoms with E-state index >= 15 is 0 Å². The summed E-state index contributed by atoms with van der Waals surface area (Å²) in [5.74, 6) is -1.07. The van der Waals surface area contributed by atoms with Crippen LogP contribution in [0.4, 0.5) is 10.1 Å². The van der Waals surface area contributed by atoms with Crippen LogP contribution in [0.1, 0.15) is 29.6 Å². The third kappa shape index (κ3) is 3.40. The van der Waals surface area contributed by atoms with Gasteiger partial charge in [-0.25, -0.2) is 4.39 Å². The summed E-state index contributed by atoms with van der Waals surface area (Å²) in [5, 5.41) is 0. The monoisotopic (exact) mass is 382 g/mol. The molecule has 5 nitrogen and oxygen atoms in total. The summed E-state index contributed by atoms with van der Waals surface area (Å²) in [6.45, 7) is 1.36. The number of halogens is 1. The van der Waals surface area contributed by atoms with Crippen molar-refractivity contribution in [3.63, 3.8) is 0 Å². The van der Waals surface area contributed by atoms with Crippen LogP contribution in [0.2, 0.25) is 0 Å². The third-order valence-electron chi connectivity index (χ3n) is 5.49. The molecule has 2 amide bonds. The maximum Gasteiger partial charge on any atom is 0.261 e. The van der Waals surface area contributed by atoms with Crippen molar-refractivity contribution in [2.75, 3.05) is 31.1 Å². The summed E-state index contributed by atoms with van der Waals surface area (Å²) in [7, 11) is 0. The molecular weight excluding hydrogens is 359 g/mol. The number of carbonyl (C=O) groups is 2. The number of benzene rings is 2. The molecule has 4 rings (SSSR count). The van der Waals surface area contributed by atoms with E-state index in [1.165, 1.54) is 12.1 Å². The lowest BCUT2D eigenvalue weighted by molar-refractivity contribution is -0.155. The minimum atomic E-state index is -1.08. The van der Waals surface area contributed by atoms with Gasteiger partial charge in [0.1, 0.15) is 5.82 Å². The zero-order valence-corrected chi connectivity index (χ0v) is 15.6. The Morgan fingerprint density at radius 2 is 1.75 bits per heavy atom. The van der Waals surface area contributed by atoms with E-state index in [0.29, 0.717) is 19.5 Å². The van der Waals surface area contributed by atoms with E-state index in [1.807, 2.05) is 30.3 Å². The maximum atomic E-state index is 14.1. The van der Waals surface area contributed by atoms with Crippen LogP contribution in [0.5, 0.6) is 0 Å². The Hall–Kier alpha value is -2.73. The van der Waals surface area contributed by atoms with E-state index in [1.54, 1.807) is 21.9 Å². The van der Waals surface area contributed by atoms with Gasteiger partial charge in [-0.1, -0.05) is 30.3 Å². The first-order valence-electron chi connectivity index (χ1n) is 9.65. The van der Waals surface area contributed by atoms with Gasteiger partial charge in [-0.2, -0.15) is 0 Å². The fraction of sp³-hybridized carbons (Fsp3) is 0.364. The molecule has 2 fully saturated rings. The number of nitrogens with zero attached hydrogens (tertiary/aromatic N) is 2. The highest BCUT2D eigenvalue weighted by Gasteiger charge is 2.48. The molecule has 28 heavy (non-hydrogen) atoms. The molecule has 0 N–H and O–H groups in total. The summed E-state index contributed by atoms with van der Waals surface area (Å²) in [4.78, 5) is 29.7. The molecule has 6 heteroatoms. The number of rotatable bonds is 2. The molecule has 2 aromatic rings. The van der Waals surface area contributed by atoms with Crippen molar-refractivity contribution >= 4 is 17.5 Å². The molecule has 1 atom stereocenters. The second-order valence-electron chi connectivity index (χ2n) is 7.30. The predicted octanol–water partition coefficient (Wildman–Crippen LogP) is 3.25. The number of carbonyl (C=O) groups excluding carboxylic acids is 2. The first-order chi connectivity index (χ1) is 13.6. The molecule has 0 bridgehead atoms. The number of amides is 2. The quantitative estimate of drug-likeness (QED) is 0.801. The smallest absolute Gasteiger partial charge is 0.261 e. The van der Waals surface area contributed by atoms with E-state index in [2.05, 4.69) is 0 Å². The summed E-state index contributed by atoms with van der Waals surface area (Å²) in [6, 6.07) is 15.5. The highest BCUT2D eigenvalue weighted by atomic mass is 19.1. The molecule has 1 unspecified atom stereocenters. The van der Waals surface area contributed by atoms with Crippen molar-refractivity contribution in [3.05, 3.63) is 66.0 Å². The molecular formula is C22H23FN2O3. The van der Waals surface area contributed by atoms with E-state index in [-0.39, 0.29) is 24.6 Å². The standard InChI is InChI=1S/C22H23FN2O3/c23-19-11-5-4-10-18(19)20(26)24-14-15-28-22(16-24)12-6-7-13-25(21(22)27)17-8-2-1-3-9-17/h1-5,8-11H,6-7,12-16H2. The van der Waals surface area contributed by atoms with E-state index in [9.17, 15) is 14.0 Å². The molecule has 0 aromatic heterocycles. The van der Waals surface area contributed by atoms with E-state index in [0.717, 1.165) is 18.5 Å². The molecule has 1 spiro atoms. The van der Waals surface area contributed by atoms with Crippen molar-refractivity contribution in [3.8, 4) is 0 Å². The largest absolute Gasteiger partial charge is 0.361 e. The summed E-state index contributed by atoms with van der Waals surface area (Å²) < 4.78 is 20.1. The number of anilines is 1. The van der Waals surface area contributed by atoms with Crippen LogP contribution in [-0.4, -0.2) is 48.6 Å². The van der Waals surface area contributed by atoms with Crippen LogP contribution in [0, 0.1) is 5.82 Å². The van der Waals surface area contributed by atoms with Gasteiger partial charge < -0.3 is 14.5 Å². The lowest BCUT2D eigenvalue weighted by Gasteiger charge is -2.42. The lowest BCUT2D eigenvalue weighted by Crippen LogP contribution is -2.61. The van der Waals surface area contributed by atoms with Gasteiger partial charge in [0, 0.05) is 18.8 Å². The number of morpholine rings is 1. The SMILES string of the molecule is O=C(c1ccccc1F)N1CCOC2(CCCCN(c3ccccc3)C2=O)C1. The lowest BCUT2D eigenvalue weighted by atomic mass is 9.93. The van der Waals surface area contributed by atoms with Gasteiger partial charge in [0.2, 0.25) is 0 Å². The Bertz CT molecular complexity index is 873. The Balaban J connectivity index is 1.61. The number of ether oxygens (including phenoxy) is 1. The second kappa shape index (κ2) is 7.72. The molecule has 2 saturated heterocycles. The minimum Gasteiger partial charge on any atom is -0.361 e. The van der Waals surface area contributed by atoms with E-state index < -0.39 is 17.3 Å². The van der Waals surface area contributed by atoms with Gasteiger partial charge in [-0.05, 0) is 43.5 Å². The maximum absolute atomic E-state index is 14.1. The number of para-hydroxylation sites is 1. The molecule has 2 aromatic carbocycles. The van der Waals surface area contributed by atoms with Crippen LogP contribution < -0.4 is 4.90 Å². The highest BCUT2D eigenvalue weighted by Crippen LogP contribution is 2.32. The van der Waals surface area contributed by atoms with Crippen LogP contribution in [-0.2, 0) is 9.53 Å². The Labute approximate surface area is 163 Å². The first-order valence-corrected chi connectivity index (χ1v) is 9.65. The summed E-state index contributed by atoms with van der Waals surface area (Å²) >= 11 is 0. The van der Waals surface area contributed by atoms with Crippen LogP contribution >= 0.6 is 0 Å². The van der Waals surface area contributed by atoms with Crippen LogP contribution in [0.25, 0.3) is 0 Å². The van der Waals surface area contributed by atoms with E-state index in [4.69, 9.17) is 4.74 Å². The Morgan fingerprint density at radius 3 is 2.54 bits per heavy atom. The van der Waals surface area contributed by atoms with Crippen molar-refractivity contribution in [2.45, 2.75) is 24.9 Å². The van der Waals surface area contributed by atoms with Crippen LogP contribution in [0.15, 0.2) is 54.6 Å². The summed E-state index contributed by atoms with van der Waals surface area (Å²) in [6.07, 6.45) is 2.25. The Kier molecular flexibility index (Phi) is 5.13. The zero-order chi connectivity index (χ0) is 19.6. The van der Waals surface area contributed by atoms with Gasteiger partial charge in [-0.15, -0.1) is 0 Å². The molecule has 2 aliphatic rings. The van der Waals surface area contributed by atoms with Crippen molar-refractivity contribution in [1.29, 1.82) is 0 Å². The van der Waals surface area contributed by atoms with Crippen molar-refractivity contribution < 1.29 is 18.7 Å². The fourth-order valence-electron chi connectivity index (χ4n) is 4.03. The average Bonchev–Trinajstić information content (AvgIpc) is 2.88. The van der Waals surface area contributed by atoms with Gasteiger partial charge in [0.05, 0.1) is 18.7 Å². The topological polar surface area (TPSA) is 49.9 Å². The van der Waals surface area contributed by atoms with Crippen molar-refractivity contribution in [2.24, 2.45) is 0 Å². The molecule has 2 heterocycles. The normalized spacial score (nSPS) is 23.0. The van der Waals surface area contributed by atoms with Gasteiger partial charge >= 0.3 is 0 Å². The second-order valence-corrected chi connectivity index (χ2v) is 7.30. The Morgan fingerprint density at radius 1 is 1.00 bits per heavy atom. The summed E-state index contributed by atoms with van der Waals surface area (Å²) in [5.41, 5.74) is -0.221.